The lowest BCUT2D eigenvalue weighted by Crippen LogP contribution is -2.09. The maximum atomic E-state index is 13.6. The number of imidazole rings is 1. The Hall–Kier alpha value is -2.00. The second-order valence-corrected chi connectivity index (χ2v) is 9.18. The van der Waals surface area contributed by atoms with Crippen LogP contribution >= 0.6 is 23.2 Å². The van der Waals surface area contributed by atoms with Gasteiger partial charge in [-0.15, -0.1) is 0 Å². The molecule has 3 aromatic rings. The van der Waals surface area contributed by atoms with Gasteiger partial charge < -0.3 is 9.72 Å². The van der Waals surface area contributed by atoms with Crippen LogP contribution in [-0.4, -0.2) is 24.6 Å². The van der Waals surface area contributed by atoms with Crippen molar-refractivity contribution < 1.29 is 21.9 Å². The lowest BCUT2D eigenvalue weighted by molar-refractivity contribution is 0.0613. The number of hydrogen-bond acceptors (Lipinski definition) is 4. The fourth-order valence-electron chi connectivity index (χ4n) is 2.77. The summed E-state index contributed by atoms with van der Waals surface area (Å²) in [6.07, 6.45) is 0.164. The Labute approximate surface area is 176 Å². The number of aromatic amines is 1. The first-order valence-electron chi connectivity index (χ1n) is 8.33. The van der Waals surface area contributed by atoms with Gasteiger partial charge in [0.1, 0.15) is 23.6 Å². The molecule has 1 atom stereocenters. The quantitative estimate of drug-likeness (QED) is 0.560. The summed E-state index contributed by atoms with van der Waals surface area (Å²) in [7, 11) is -3.56. The molecular weight excluding hydrogens is 445 g/mol. The molecule has 0 aliphatic heterocycles. The Morgan fingerprint density at radius 3 is 2.28 bits per heavy atom. The SMILES string of the molecule is Cc1[nH]c([C@@H](OCc2ccc(F)c(Cl)c2)c2ccc(F)c(Cl)c2)nc1S(C)(=O)=O. The number of benzene rings is 2. The number of aromatic nitrogens is 2. The predicted octanol–water partition coefficient (Wildman–Crippen LogP) is 5.01. The zero-order chi connectivity index (χ0) is 21.3. The van der Waals surface area contributed by atoms with Crippen molar-refractivity contribution in [2.75, 3.05) is 6.26 Å². The molecule has 5 nitrogen and oxygen atoms in total. The first-order valence-corrected chi connectivity index (χ1v) is 11.0. The molecular formula is C19H16Cl2F2N2O3S. The smallest absolute Gasteiger partial charge is 0.194 e. The number of hydrogen-bond donors (Lipinski definition) is 1. The third-order valence-electron chi connectivity index (χ3n) is 4.11. The third kappa shape index (κ3) is 4.95. The Morgan fingerprint density at radius 1 is 1.10 bits per heavy atom. The molecule has 1 N–H and O–H groups in total. The van der Waals surface area contributed by atoms with E-state index < -0.39 is 27.6 Å². The molecule has 154 valence electrons. The van der Waals surface area contributed by atoms with Crippen LogP contribution in [0.1, 0.15) is 28.7 Å². The van der Waals surface area contributed by atoms with Crippen LogP contribution in [0.2, 0.25) is 10.0 Å². The Balaban J connectivity index is 1.99. The lowest BCUT2D eigenvalue weighted by atomic mass is 10.1. The number of sulfone groups is 1. The topological polar surface area (TPSA) is 72.0 Å². The summed E-state index contributed by atoms with van der Waals surface area (Å²) in [5.41, 5.74) is 1.38. The van der Waals surface area contributed by atoms with E-state index in [2.05, 4.69) is 9.97 Å². The molecule has 0 spiro atoms. The maximum absolute atomic E-state index is 13.6. The fraction of sp³-hybridized carbons (Fsp3) is 0.211. The van der Waals surface area contributed by atoms with E-state index >= 15 is 0 Å². The van der Waals surface area contributed by atoms with Gasteiger partial charge in [0.25, 0.3) is 0 Å². The van der Waals surface area contributed by atoms with Gasteiger partial charge in [0.05, 0.1) is 22.3 Å². The van der Waals surface area contributed by atoms with Gasteiger partial charge >= 0.3 is 0 Å². The predicted molar refractivity (Wildman–Crippen MR) is 106 cm³/mol. The van der Waals surface area contributed by atoms with Crippen LogP contribution in [-0.2, 0) is 21.2 Å². The van der Waals surface area contributed by atoms with Crippen molar-refractivity contribution in [2.24, 2.45) is 0 Å². The van der Waals surface area contributed by atoms with Crippen LogP contribution in [0.5, 0.6) is 0 Å². The Kier molecular flexibility index (Phi) is 6.28. The van der Waals surface area contributed by atoms with E-state index in [4.69, 9.17) is 27.9 Å². The van der Waals surface area contributed by atoms with Crippen molar-refractivity contribution in [1.82, 2.24) is 9.97 Å². The molecule has 0 radical (unpaired) electrons. The van der Waals surface area contributed by atoms with Gasteiger partial charge in [-0.1, -0.05) is 35.3 Å². The third-order valence-corrected chi connectivity index (χ3v) is 5.78. The van der Waals surface area contributed by atoms with Crippen LogP contribution in [0.3, 0.4) is 0 Å². The van der Waals surface area contributed by atoms with Gasteiger partial charge in [-0.3, -0.25) is 0 Å². The Morgan fingerprint density at radius 2 is 1.72 bits per heavy atom. The molecule has 0 amide bonds. The number of H-pyrrole nitrogens is 1. The van der Waals surface area contributed by atoms with E-state index in [-0.39, 0.29) is 27.5 Å². The van der Waals surface area contributed by atoms with Gasteiger partial charge in [0, 0.05) is 6.26 Å². The summed E-state index contributed by atoms with van der Waals surface area (Å²) in [5.74, 6) is -0.956. The van der Waals surface area contributed by atoms with Crippen molar-refractivity contribution in [3.05, 3.63) is 80.7 Å². The summed E-state index contributed by atoms with van der Waals surface area (Å²) in [5, 5.41) is -0.285. The van der Waals surface area contributed by atoms with Crippen LogP contribution in [0.15, 0.2) is 41.4 Å². The molecule has 0 aliphatic carbocycles. The van der Waals surface area contributed by atoms with Crippen LogP contribution in [0, 0.1) is 18.6 Å². The highest BCUT2D eigenvalue weighted by Gasteiger charge is 2.24. The van der Waals surface area contributed by atoms with Gasteiger partial charge in [-0.2, -0.15) is 0 Å². The molecule has 0 aliphatic rings. The number of halogens is 4. The first kappa shape index (κ1) is 21.7. The molecule has 2 aromatic carbocycles. The minimum absolute atomic E-state index is 0.00756. The average Bonchev–Trinajstić information content (AvgIpc) is 3.03. The normalized spacial score (nSPS) is 12.9. The highest BCUT2D eigenvalue weighted by Crippen LogP contribution is 2.30. The second kappa shape index (κ2) is 8.39. The molecule has 1 heterocycles. The summed E-state index contributed by atoms with van der Waals surface area (Å²) < 4.78 is 56.7. The average molecular weight is 461 g/mol. The molecule has 29 heavy (non-hydrogen) atoms. The largest absolute Gasteiger partial charge is 0.361 e. The van der Waals surface area contributed by atoms with Gasteiger partial charge in [-0.25, -0.2) is 22.2 Å². The number of aryl methyl sites for hydroxylation is 1. The van der Waals surface area contributed by atoms with E-state index in [1.807, 2.05) is 0 Å². The highest BCUT2D eigenvalue weighted by atomic mass is 35.5. The molecule has 10 heteroatoms. The van der Waals surface area contributed by atoms with Gasteiger partial charge in [-0.05, 0) is 42.3 Å². The molecule has 0 bridgehead atoms. The summed E-state index contributed by atoms with van der Waals surface area (Å²) in [4.78, 5) is 7.06. The first-order chi connectivity index (χ1) is 13.6. The number of nitrogens with zero attached hydrogens (tertiary/aromatic N) is 1. The van der Waals surface area contributed by atoms with Crippen molar-refractivity contribution in [2.45, 2.75) is 24.7 Å². The van der Waals surface area contributed by atoms with Crippen LogP contribution in [0.25, 0.3) is 0 Å². The van der Waals surface area contributed by atoms with Crippen LogP contribution < -0.4 is 0 Å². The number of rotatable bonds is 6. The second-order valence-electron chi connectivity index (χ2n) is 6.44. The summed E-state index contributed by atoms with van der Waals surface area (Å²) >= 11 is 11.7. The van der Waals surface area contributed by atoms with Gasteiger partial charge in [0.15, 0.2) is 14.9 Å². The molecule has 0 fully saturated rings. The van der Waals surface area contributed by atoms with E-state index in [1.54, 1.807) is 6.92 Å². The fourth-order valence-corrected chi connectivity index (χ4v) is 4.03. The number of nitrogens with one attached hydrogen (secondary N) is 1. The van der Waals surface area contributed by atoms with Crippen molar-refractivity contribution in [3.63, 3.8) is 0 Å². The van der Waals surface area contributed by atoms with Crippen molar-refractivity contribution >= 4 is 33.0 Å². The summed E-state index contributed by atoms with van der Waals surface area (Å²) in [6.45, 7) is 1.58. The molecule has 1 aromatic heterocycles. The van der Waals surface area contributed by atoms with Crippen LogP contribution in [0.4, 0.5) is 8.78 Å². The van der Waals surface area contributed by atoms with E-state index in [0.717, 1.165) is 6.26 Å². The van der Waals surface area contributed by atoms with Crippen molar-refractivity contribution in [3.8, 4) is 0 Å². The van der Waals surface area contributed by atoms with E-state index in [1.165, 1.54) is 36.4 Å². The minimum Gasteiger partial charge on any atom is -0.361 e. The lowest BCUT2D eigenvalue weighted by Gasteiger charge is -2.17. The van der Waals surface area contributed by atoms with Crippen molar-refractivity contribution in [1.29, 1.82) is 0 Å². The maximum Gasteiger partial charge on any atom is 0.194 e. The molecule has 3 rings (SSSR count). The Bertz CT molecular complexity index is 1170. The van der Waals surface area contributed by atoms with E-state index in [0.29, 0.717) is 16.8 Å². The summed E-state index contributed by atoms with van der Waals surface area (Å²) in [6, 6.07) is 8.14. The van der Waals surface area contributed by atoms with Gasteiger partial charge in [0.2, 0.25) is 0 Å². The highest BCUT2D eigenvalue weighted by molar-refractivity contribution is 7.90. The molecule has 0 saturated carbocycles. The molecule has 0 unspecified atom stereocenters. The zero-order valence-electron chi connectivity index (χ0n) is 15.3. The monoisotopic (exact) mass is 460 g/mol. The molecule has 0 saturated heterocycles. The standard InChI is InChI=1S/C19H16Cl2F2N2O3S/c1-10-19(29(2,26)27)25-18(24-10)17(12-4-6-16(23)14(21)8-12)28-9-11-3-5-15(22)13(20)7-11/h3-8,17H,9H2,1-2H3,(H,24,25)/t17-/m0/s1. The minimum atomic E-state index is -3.56. The van der Waals surface area contributed by atoms with E-state index in [9.17, 15) is 17.2 Å². The zero-order valence-corrected chi connectivity index (χ0v) is 17.7. The number of ether oxygens (including phenoxy) is 1.